The van der Waals surface area contributed by atoms with Gasteiger partial charge in [-0.05, 0) is 17.7 Å². The Balaban J connectivity index is 2.43. The highest BCUT2D eigenvalue weighted by Gasteiger charge is 2.00. The highest BCUT2D eigenvalue weighted by Crippen LogP contribution is 2.09. The van der Waals surface area contributed by atoms with Crippen molar-refractivity contribution in [3.63, 3.8) is 0 Å². The van der Waals surface area contributed by atoms with E-state index < -0.39 is 0 Å². The maximum absolute atomic E-state index is 8.04. The van der Waals surface area contributed by atoms with Crippen molar-refractivity contribution in [3.05, 3.63) is 34.1 Å². The fraction of sp³-hybridized carbons (Fsp3) is 0.500. The van der Waals surface area contributed by atoms with Gasteiger partial charge in [-0.3, -0.25) is 0 Å². The van der Waals surface area contributed by atoms with Crippen molar-refractivity contribution in [3.8, 4) is 0 Å². The van der Waals surface area contributed by atoms with Crippen LogP contribution in [-0.4, -0.2) is 13.7 Å². The lowest BCUT2D eigenvalue weighted by Crippen LogP contribution is -1.85. The van der Waals surface area contributed by atoms with E-state index in [1.165, 1.54) is 0 Å². The zero-order valence-electron chi connectivity index (χ0n) is 7.43. The molecule has 0 aliphatic heterocycles. The van der Waals surface area contributed by atoms with Crippen molar-refractivity contribution >= 4 is 0 Å². The third-order valence-corrected chi connectivity index (χ3v) is 1.53. The molecule has 0 N–H and O–H groups in total. The molecule has 70 valence electrons. The van der Waals surface area contributed by atoms with Gasteiger partial charge in [0.25, 0.3) is 0 Å². The lowest BCUT2D eigenvalue weighted by molar-refractivity contribution is 0.163. The first kappa shape index (κ1) is 9.64. The van der Waals surface area contributed by atoms with Crippen molar-refractivity contribution in [1.82, 2.24) is 0 Å². The van der Waals surface area contributed by atoms with E-state index >= 15 is 0 Å². The van der Waals surface area contributed by atoms with Crippen LogP contribution in [0.25, 0.3) is 10.4 Å². The van der Waals surface area contributed by atoms with Crippen LogP contribution in [0.5, 0.6) is 0 Å². The van der Waals surface area contributed by atoms with E-state index in [4.69, 9.17) is 14.7 Å². The minimum Gasteiger partial charge on any atom is -0.464 e. The Hall–Kier alpha value is -1.45. The molecule has 0 bridgehead atoms. The van der Waals surface area contributed by atoms with Crippen LogP contribution in [0.2, 0.25) is 0 Å². The number of furan rings is 1. The van der Waals surface area contributed by atoms with Gasteiger partial charge in [-0.15, -0.1) is 0 Å². The summed E-state index contributed by atoms with van der Waals surface area (Å²) in [5.41, 5.74) is 8.04. The third-order valence-electron chi connectivity index (χ3n) is 1.53. The maximum atomic E-state index is 8.04. The molecule has 0 saturated heterocycles. The molecule has 0 atom stereocenters. The molecule has 1 aromatic rings. The minimum atomic E-state index is 0.427. The smallest absolute Gasteiger partial charge is 0.129 e. The first-order chi connectivity index (χ1) is 6.36. The van der Waals surface area contributed by atoms with E-state index in [0.29, 0.717) is 19.6 Å². The van der Waals surface area contributed by atoms with Gasteiger partial charge in [0.1, 0.15) is 18.1 Å². The van der Waals surface area contributed by atoms with E-state index in [2.05, 4.69) is 10.0 Å². The summed E-state index contributed by atoms with van der Waals surface area (Å²) >= 11 is 0. The van der Waals surface area contributed by atoms with Crippen LogP contribution in [0.1, 0.15) is 11.5 Å². The lowest BCUT2D eigenvalue weighted by Gasteiger charge is -1.93. The predicted molar refractivity (Wildman–Crippen MR) is 47.1 cm³/mol. The maximum Gasteiger partial charge on any atom is 0.129 e. The number of methoxy groups -OCH3 is 1. The molecule has 1 rings (SSSR count). The second-order valence-electron chi connectivity index (χ2n) is 2.51. The molecule has 0 radical (unpaired) electrons. The summed E-state index contributed by atoms with van der Waals surface area (Å²) in [6.45, 7) is 0.901. The Bertz CT molecular complexity index is 302. The molecule has 0 saturated carbocycles. The average molecular weight is 181 g/mol. The fourth-order valence-corrected chi connectivity index (χ4v) is 0.981. The molecule has 1 heterocycles. The molecular formula is C8H11N3O2. The van der Waals surface area contributed by atoms with Gasteiger partial charge in [0.05, 0.1) is 0 Å². The van der Waals surface area contributed by atoms with Crippen LogP contribution in [0.4, 0.5) is 0 Å². The first-order valence-electron chi connectivity index (χ1n) is 3.94. The molecule has 0 spiro atoms. The zero-order chi connectivity index (χ0) is 9.52. The second-order valence-corrected chi connectivity index (χ2v) is 2.51. The zero-order valence-corrected chi connectivity index (χ0v) is 7.43. The van der Waals surface area contributed by atoms with Crippen molar-refractivity contribution in [1.29, 1.82) is 0 Å². The minimum absolute atomic E-state index is 0.427. The summed E-state index contributed by atoms with van der Waals surface area (Å²) in [5, 5.41) is 3.41. The molecule has 0 aliphatic rings. The van der Waals surface area contributed by atoms with Gasteiger partial charge in [0.15, 0.2) is 0 Å². The van der Waals surface area contributed by atoms with Crippen LogP contribution in [0.15, 0.2) is 21.7 Å². The normalized spacial score (nSPS) is 9.62. The molecule has 1 aromatic heterocycles. The predicted octanol–water partition coefficient (Wildman–Crippen LogP) is 2.28. The van der Waals surface area contributed by atoms with Gasteiger partial charge < -0.3 is 9.15 Å². The summed E-state index contributed by atoms with van der Waals surface area (Å²) in [6.07, 6.45) is 0.633. The van der Waals surface area contributed by atoms with Gasteiger partial charge in [0.2, 0.25) is 0 Å². The van der Waals surface area contributed by atoms with Crippen molar-refractivity contribution in [2.45, 2.75) is 13.0 Å². The van der Waals surface area contributed by atoms with Crippen LogP contribution >= 0.6 is 0 Å². The van der Waals surface area contributed by atoms with Crippen LogP contribution in [-0.2, 0) is 17.8 Å². The number of ether oxygens (including phenoxy) is 1. The summed E-state index contributed by atoms with van der Waals surface area (Å²) in [6, 6.07) is 3.72. The Morgan fingerprint density at radius 1 is 1.54 bits per heavy atom. The summed E-state index contributed by atoms with van der Waals surface area (Å²) in [4.78, 5) is 2.65. The van der Waals surface area contributed by atoms with Crippen LogP contribution in [0.3, 0.4) is 0 Å². The molecule has 0 amide bonds. The Kier molecular flexibility index (Phi) is 3.88. The van der Waals surface area contributed by atoms with Crippen LogP contribution in [0, 0.1) is 0 Å². The van der Waals surface area contributed by atoms with Crippen molar-refractivity contribution in [2.24, 2.45) is 5.11 Å². The van der Waals surface area contributed by atoms with Crippen LogP contribution < -0.4 is 0 Å². The number of azide groups is 1. The Labute approximate surface area is 75.9 Å². The standard InChI is InChI=1S/C8H11N3O2/c1-12-6-8-3-2-7(13-8)4-5-10-11-9/h2-3H,4-6H2,1H3. The number of hydrogen-bond acceptors (Lipinski definition) is 3. The van der Waals surface area contributed by atoms with Crippen molar-refractivity contribution in [2.75, 3.05) is 13.7 Å². The molecule has 0 aliphatic carbocycles. The van der Waals surface area contributed by atoms with E-state index in [9.17, 15) is 0 Å². The van der Waals surface area contributed by atoms with Gasteiger partial charge in [-0.1, -0.05) is 5.11 Å². The van der Waals surface area contributed by atoms with E-state index in [1.807, 2.05) is 12.1 Å². The van der Waals surface area contributed by atoms with Crippen molar-refractivity contribution < 1.29 is 9.15 Å². The summed E-state index contributed by atoms with van der Waals surface area (Å²) < 4.78 is 10.3. The summed E-state index contributed by atoms with van der Waals surface area (Å²) in [7, 11) is 1.61. The quantitative estimate of drug-likeness (QED) is 0.397. The molecule has 0 unspecified atom stereocenters. The Morgan fingerprint density at radius 2 is 2.31 bits per heavy atom. The van der Waals surface area contributed by atoms with Gasteiger partial charge >= 0.3 is 0 Å². The number of nitrogens with zero attached hydrogens (tertiary/aromatic N) is 3. The third kappa shape index (κ3) is 3.19. The molecule has 5 nitrogen and oxygen atoms in total. The largest absolute Gasteiger partial charge is 0.464 e. The lowest BCUT2D eigenvalue weighted by atomic mass is 10.3. The molecule has 0 aromatic carbocycles. The highest BCUT2D eigenvalue weighted by atomic mass is 16.5. The number of rotatable bonds is 5. The fourth-order valence-electron chi connectivity index (χ4n) is 0.981. The Morgan fingerprint density at radius 3 is 3.00 bits per heavy atom. The second kappa shape index (κ2) is 5.24. The van der Waals surface area contributed by atoms with E-state index in [-0.39, 0.29) is 0 Å². The summed E-state index contributed by atoms with van der Waals surface area (Å²) in [5.74, 6) is 1.61. The average Bonchev–Trinajstić information content (AvgIpc) is 2.54. The first-order valence-corrected chi connectivity index (χ1v) is 3.94. The van der Waals surface area contributed by atoms with Gasteiger partial charge in [-0.25, -0.2) is 0 Å². The van der Waals surface area contributed by atoms with E-state index in [1.54, 1.807) is 7.11 Å². The topological polar surface area (TPSA) is 71.1 Å². The SMILES string of the molecule is COCc1ccc(CCN=[N+]=[N-])o1. The number of hydrogen-bond donors (Lipinski definition) is 0. The highest BCUT2D eigenvalue weighted by molar-refractivity contribution is 5.06. The molecule has 0 fully saturated rings. The molecular weight excluding hydrogens is 170 g/mol. The molecule has 13 heavy (non-hydrogen) atoms. The molecule has 5 heteroatoms. The van der Waals surface area contributed by atoms with Gasteiger partial charge in [0, 0.05) is 25.0 Å². The van der Waals surface area contributed by atoms with Gasteiger partial charge in [-0.2, -0.15) is 0 Å². The monoisotopic (exact) mass is 181 g/mol. The van der Waals surface area contributed by atoms with E-state index in [0.717, 1.165) is 11.5 Å².